The Bertz CT molecular complexity index is 1350. The standard InChI is InChI=1S/C29H33F3N6/c1-28(2,19-33)27-10-9-23(18-36-27)34-13-5-7-24-16-25-21(17-35-22-11-14-37(3)15-12-22)6-4-8-26(25)38(24)20-29(30,31)32/h4,6,8-10,16,18,22,34-35H,11-15,17,20H2,1-3H3. The van der Waals surface area contributed by atoms with E-state index in [2.05, 4.69) is 45.5 Å². The summed E-state index contributed by atoms with van der Waals surface area (Å²) in [5.41, 5.74) is 2.52. The number of pyridine rings is 1. The van der Waals surface area contributed by atoms with Crippen LogP contribution in [0, 0.1) is 23.2 Å². The number of nitriles is 1. The fraction of sp³-hybridized carbons (Fsp3) is 0.448. The summed E-state index contributed by atoms with van der Waals surface area (Å²) in [5, 5.41) is 16.8. The molecule has 0 spiro atoms. The van der Waals surface area contributed by atoms with Gasteiger partial charge in [-0.25, -0.2) is 0 Å². The minimum atomic E-state index is -4.37. The first-order chi connectivity index (χ1) is 18.1. The first-order valence-electron chi connectivity index (χ1n) is 12.8. The van der Waals surface area contributed by atoms with Crippen LogP contribution < -0.4 is 10.6 Å². The lowest BCUT2D eigenvalue weighted by atomic mass is 9.91. The molecule has 0 saturated carbocycles. The lowest BCUT2D eigenvalue weighted by molar-refractivity contribution is -0.140. The van der Waals surface area contributed by atoms with Gasteiger partial charge in [0.1, 0.15) is 6.54 Å². The van der Waals surface area contributed by atoms with Gasteiger partial charge in [0.2, 0.25) is 0 Å². The summed E-state index contributed by atoms with van der Waals surface area (Å²) in [4.78, 5) is 6.64. The summed E-state index contributed by atoms with van der Waals surface area (Å²) in [6.07, 6.45) is -0.632. The zero-order valence-electron chi connectivity index (χ0n) is 22.0. The van der Waals surface area contributed by atoms with Crippen LogP contribution in [0.5, 0.6) is 0 Å². The molecule has 1 aliphatic rings. The van der Waals surface area contributed by atoms with E-state index in [-0.39, 0.29) is 6.54 Å². The minimum absolute atomic E-state index is 0.237. The molecule has 6 nitrogen and oxygen atoms in total. The van der Waals surface area contributed by atoms with Gasteiger partial charge in [-0.3, -0.25) is 4.98 Å². The van der Waals surface area contributed by atoms with Gasteiger partial charge in [0, 0.05) is 23.5 Å². The second-order valence-corrected chi connectivity index (χ2v) is 10.4. The average Bonchev–Trinajstić information content (AvgIpc) is 3.23. The van der Waals surface area contributed by atoms with Crippen LogP contribution in [0.1, 0.15) is 43.6 Å². The van der Waals surface area contributed by atoms with Crippen molar-refractivity contribution >= 4 is 16.6 Å². The second-order valence-electron chi connectivity index (χ2n) is 10.4. The number of likely N-dealkylation sites (tertiary alicyclic amines) is 1. The molecule has 1 saturated heterocycles. The number of alkyl halides is 3. The van der Waals surface area contributed by atoms with Gasteiger partial charge in [0.05, 0.1) is 41.3 Å². The first kappa shape index (κ1) is 27.5. The van der Waals surface area contributed by atoms with Crippen LogP contribution in [0.3, 0.4) is 0 Å². The molecule has 9 heteroatoms. The number of halogens is 3. The third-order valence-electron chi connectivity index (χ3n) is 6.95. The number of rotatable bonds is 7. The Morgan fingerprint density at radius 3 is 2.55 bits per heavy atom. The van der Waals surface area contributed by atoms with Crippen molar-refractivity contribution in [2.24, 2.45) is 0 Å². The summed E-state index contributed by atoms with van der Waals surface area (Å²) in [6, 6.07) is 13.5. The molecular formula is C29H33F3N6. The van der Waals surface area contributed by atoms with E-state index in [1.807, 2.05) is 18.2 Å². The zero-order valence-corrected chi connectivity index (χ0v) is 22.0. The van der Waals surface area contributed by atoms with Crippen LogP contribution in [0.4, 0.5) is 18.9 Å². The maximum absolute atomic E-state index is 13.5. The van der Waals surface area contributed by atoms with Gasteiger partial charge in [0.25, 0.3) is 0 Å². The van der Waals surface area contributed by atoms with Crippen molar-refractivity contribution in [2.45, 2.75) is 57.4 Å². The van der Waals surface area contributed by atoms with Gasteiger partial charge in [-0.1, -0.05) is 18.1 Å². The van der Waals surface area contributed by atoms with E-state index in [0.29, 0.717) is 29.5 Å². The van der Waals surface area contributed by atoms with Crippen molar-refractivity contribution in [2.75, 3.05) is 32.0 Å². The Kier molecular flexibility index (Phi) is 8.30. The van der Waals surface area contributed by atoms with E-state index in [1.54, 1.807) is 38.2 Å². The molecule has 2 N–H and O–H groups in total. The van der Waals surface area contributed by atoms with Crippen molar-refractivity contribution in [1.29, 1.82) is 5.26 Å². The average molecular weight is 523 g/mol. The maximum atomic E-state index is 13.5. The van der Waals surface area contributed by atoms with E-state index in [9.17, 15) is 18.4 Å². The van der Waals surface area contributed by atoms with Gasteiger partial charge in [-0.15, -0.1) is 0 Å². The second kappa shape index (κ2) is 11.5. The van der Waals surface area contributed by atoms with Gasteiger partial charge >= 0.3 is 6.18 Å². The smallest absolute Gasteiger partial charge is 0.373 e. The lowest BCUT2D eigenvalue weighted by Gasteiger charge is -2.29. The van der Waals surface area contributed by atoms with Crippen LogP contribution in [0.15, 0.2) is 42.6 Å². The van der Waals surface area contributed by atoms with Crippen LogP contribution in [0.2, 0.25) is 0 Å². The maximum Gasteiger partial charge on any atom is 0.406 e. The highest BCUT2D eigenvalue weighted by Crippen LogP contribution is 2.28. The minimum Gasteiger partial charge on any atom is -0.373 e. The molecule has 0 aliphatic carbocycles. The highest BCUT2D eigenvalue weighted by atomic mass is 19.4. The van der Waals surface area contributed by atoms with Crippen molar-refractivity contribution in [3.8, 4) is 17.9 Å². The van der Waals surface area contributed by atoms with E-state index < -0.39 is 18.1 Å². The molecule has 38 heavy (non-hydrogen) atoms. The quantitative estimate of drug-likeness (QED) is 0.425. The van der Waals surface area contributed by atoms with E-state index in [1.165, 1.54) is 4.57 Å². The Balaban J connectivity index is 1.51. The molecule has 0 atom stereocenters. The van der Waals surface area contributed by atoms with Crippen molar-refractivity contribution < 1.29 is 13.2 Å². The van der Waals surface area contributed by atoms with Crippen molar-refractivity contribution in [3.05, 3.63) is 59.5 Å². The zero-order chi connectivity index (χ0) is 27.3. The summed E-state index contributed by atoms with van der Waals surface area (Å²) in [6.45, 7) is 5.40. The van der Waals surface area contributed by atoms with Gasteiger partial charge in [0.15, 0.2) is 0 Å². The number of aromatic nitrogens is 2. The van der Waals surface area contributed by atoms with E-state index in [0.717, 1.165) is 42.6 Å². The van der Waals surface area contributed by atoms with Gasteiger partial charge in [-0.2, -0.15) is 18.4 Å². The highest BCUT2D eigenvalue weighted by molar-refractivity contribution is 5.86. The molecule has 1 aromatic carbocycles. The number of hydrogen-bond acceptors (Lipinski definition) is 5. The molecule has 3 aromatic rings. The fourth-order valence-corrected chi connectivity index (χ4v) is 4.63. The number of benzene rings is 1. The Morgan fingerprint density at radius 2 is 1.89 bits per heavy atom. The monoisotopic (exact) mass is 522 g/mol. The van der Waals surface area contributed by atoms with E-state index >= 15 is 0 Å². The molecule has 0 amide bonds. The van der Waals surface area contributed by atoms with Gasteiger partial charge < -0.3 is 20.1 Å². The molecule has 3 heterocycles. The molecule has 0 bridgehead atoms. The Hall–Kier alpha value is -3.53. The Morgan fingerprint density at radius 1 is 1.13 bits per heavy atom. The van der Waals surface area contributed by atoms with Crippen LogP contribution in [-0.2, 0) is 18.5 Å². The highest BCUT2D eigenvalue weighted by Gasteiger charge is 2.30. The number of nitrogens with zero attached hydrogens (tertiary/aromatic N) is 4. The number of hydrogen-bond donors (Lipinski definition) is 2. The third-order valence-corrected chi connectivity index (χ3v) is 6.95. The molecule has 4 rings (SSSR count). The third kappa shape index (κ3) is 6.86. The molecule has 0 unspecified atom stereocenters. The van der Waals surface area contributed by atoms with E-state index in [4.69, 9.17) is 0 Å². The lowest BCUT2D eigenvalue weighted by Crippen LogP contribution is -2.40. The number of fused-ring (bicyclic) bond motifs is 1. The first-order valence-corrected chi connectivity index (χ1v) is 12.8. The number of nitrogens with one attached hydrogen (secondary N) is 2. The van der Waals surface area contributed by atoms with Gasteiger partial charge in [-0.05, 0) is 82.6 Å². The van der Waals surface area contributed by atoms with Crippen LogP contribution in [-0.4, -0.2) is 53.4 Å². The largest absolute Gasteiger partial charge is 0.406 e. The molecule has 1 aliphatic heterocycles. The normalized spacial score (nSPS) is 15.2. The van der Waals surface area contributed by atoms with Crippen LogP contribution in [0.25, 0.3) is 10.9 Å². The molecule has 200 valence electrons. The predicted octanol–water partition coefficient (Wildman–Crippen LogP) is 5.05. The summed E-state index contributed by atoms with van der Waals surface area (Å²) < 4.78 is 41.7. The summed E-state index contributed by atoms with van der Waals surface area (Å²) >= 11 is 0. The SMILES string of the molecule is CN1CCC(NCc2cccc3c2cc(C#CCNc2ccc(C(C)(C)C#N)nc2)n3CC(F)(F)F)CC1. The molecule has 2 aromatic heterocycles. The molecule has 1 fully saturated rings. The fourth-order valence-electron chi connectivity index (χ4n) is 4.63. The summed E-state index contributed by atoms with van der Waals surface area (Å²) in [7, 11) is 2.11. The van der Waals surface area contributed by atoms with Crippen molar-refractivity contribution in [3.63, 3.8) is 0 Å². The number of anilines is 1. The number of piperidine rings is 1. The van der Waals surface area contributed by atoms with Crippen LogP contribution >= 0.6 is 0 Å². The summed E-state index contributed by atoms with van der Waals surface area (Å²) in [5.74, 6) is 5.89. The topological polar surface area (TPSA) is 68.9 Å². The Labute approximate surface area is 221 Å². The van der Waals surface area contributed by atoms with Crippen molar-refractivity contribution in [1.82, 2.24) is 19.8 Å². The molecular weight excluding hydrogens is 489 g/mol. The molecule has 0 radical (unpaired) electrons. The predicted molar refractivity (Wildman–Crippen MR) is 144 cm³/mol.